The highest BCUT2D eigenvalue weighted by atomic mass is 35.5. The average Bonchev–Trinajstić information content (AvgIpc) is 3.18. The Hall–Kier alpha value is -1.50. The van der Waals surface area contributed by atoms with Gasteiger partial charge in [0.2, 0.25) is 5.91 Å². The molecule has 1 aliphatic heterocycles. The molecule has 1 aliphatic rings. The highest BCUT2D eigenvalue weighted by Crippen LogP contribution is 2.26. The SMILES string of the molecule is Cc1nc(NC(=O)CCC2CCNC2)sc1Cc1ccc(F)cc1.Cl. The van der Waals surface area contributed by atoms with Crippen LogP contribution >= 0.6 is 23.7 Å². The molecule has 2 heterocycles. The normalized spacial score (nSPS) is 16.5. The van der Waals surface area contributed by atoms with Gasteiger partial charge in [-0.1, -0.05) is 12.1 Å². The maximum Gasteiger partial charge on any atom is 0.226 e. The van der Waals surface area contributed by atoms with Gasteiger partial charge in [-0.25, -0.2) is 9.37 Å². The van der Waals surface area contributed by atoms with Gasteiger partial charge in [0, 0.05) is 17.7 Å². The Bertz CT molecular complexity index is 699. The average molecular weight is 384 g/mol. The molecule has 1 aromatic heterocycles. The van der Waals surface area contributed by atoms with Crippen LogP contribution in [0.5, 0.6) is 0 Å². The molecular weight excluding hydrogens is 361 g/mol. The maximum atomic E-state index is 13.0. The van der Waals surface area contributed by atoms with Crippen LogP contribution in [0, 0.1) is 18.7 Å². The van der Waals surface area contributed by atoms with Crippen molar-refractivity contribution in [2.45, 2.75) is 32.6 Å². The van der Waals surface area contributed by atoms with Gasteiger partial charge in [0.15, 0.2) is 5.13 Å². The maximum absolute atomic E-state index is 13.0. The summed E-state index contributed by atoms with van der Waals surface area (Å²) in [5.74, 6) is 0.414. The lowest BCUT2D eigenvalue weighted by molar-refractivity contribution is -0.116. The van der Waals surface area contributed by atoms with Crippen LogP contribution < -0.4 is 10.6 Å². The Kier molecular flexibility index (Phi) is 7.35. The molecule has 2 N–H and O–H groups in total. The number of benzene rings is 1. The fraction of sp³-hybridized carbons (Fsp3) is 0.444. The number of amides is 1. The van der Waals surface area contributed by atoms with E-state index in [1.165, 1.54) is 23.5 Å². The minimum atomic E-state index is -0.231. The van der Waals surface area contributed by atoms with E-state index in [4.69, 9.17) is 0 Å². The molecule has 0 radical (unpaired) electrons. The van der Waals surface area contributed by atoms with E-state index in [0.29, 0.717) is 23.9 Å². The number of carbonyl (C=O) groups is 1. The zero-order valence-corrected chi connectivity index (χ0v) is 15.8. The Labute approximate surface area is 157 Å². The number of rotatable bonds is 6. The van der Waals surface area contributed by atoms with Gasteiger partial charge < -0.3 is 10.6 Å². The number of aryl methyl sites for hydroxylation is 1. The second-order valence-corrected chi connectivity index (χ2v) is 7.36. The number of carbonyl (C=O) groups excluding carboxylic acids is 1. The van der Waals surface area contributed by atoms with Crippen LogP contribution in [0.25, 0.3) is 0 Å². The van der Waals surface area contributed by atoms with Crippen LogP contribution in [-0.2, 0) is 11.2 Å². The molecular formula is C18H23ClFN3OS. The molecule has 1 unspecified atom stereocenters. The van der Waals surface area contributed by atoms with Crippen molar-refractivity contribution in [3.8, 4) is 0 Å². The summed E-state index contributed by atoms with van der Waals surface area (Å²) in [5.41, 5.74) is 1.95. The fourth-order valence-electron chi connectivity index (χ4n) is 2.91. The zero-order valence-electron chi connectivity index (χ0n) is 14.2. The van der Waals surface area contributed by atoms with E-state index in [1.807, 2.05) is 6.92 Å². The third kappa shape index (κ3) is 5.76. The van der Waals surface area contributed by atoms with E-state index in [1.54, 1.807) is 12.1 Å². The van der Waals surface area contributed by atoms with Crippen LogP contribution in [0.15, 0.2) is 24.3 Å². The van der Waals surface area contributed by atoms with Gasteiger partial charge in [-0.15, -0.1) is 23.7 Å². The molecule has 0 saturated carbocycles. The van der Waals surface area contributed by atoms with Crippen molar-refractivity contribution >= 4 is 34.8 Å². The van der Waals surface area contributed by atoms with Crippen molar-refractivity contribution in [2.75, 3.05) is 18.4 Å². The molecule has 3 rings (SSSR count). The van der Waals surface area contributed by atoms with Gasteiger partial charge in [0.1, 0.15) is 5.82 Å². The molecule has 1 fully saturated rings. The van der Waals surface area contributed by atoms with Crippen molar-refractivity contribution in [3.63, 3.8) is 0 Å². The molecule has 0 bridgehead atoms. The number of halogens is 2. The van der Waals surface area contributed by atoms with Gasteiger partial charge in [-0.05, 0) is 56.5 Å². The second kappa shape index (κ2) is 9.27. The van der Waals surface area contributed by atoms with Gasteiger partial charge in [0.05, 0.1) is 5.69 Å². The topological polar surface area (TPSA) is 54.0 Å². The molecule has 1 atom stereocenters. The quantitative estimate of drug-likeness (QED) is 0.794. The van der Waals surface area contributed by atoms with Crippen molar-refractivity contribution < 1.29 is 9.18 Å². The molecule has 1 amide bonds. The molecule has 4 nitrogen and oxygen atoms in total. The van der Waals surface area contributed by atoms with E-state index in [9.17, 15) is 9.18 Å². The number of hydrogen-bond donors (Lipinski definition) is 2. The highest BCUT2D eigenvalue weighted by Gasteiger charge is 2.16. The molecule has 25 heavy (non-hydrogen) atoms. The minimum absolute atomic E-state index is 0. The van der Waals surface area contributed by atoms with Crippen LogP contribution in [0.4, 0.5) is 9.52 Å². The first kappa shape index (κ1) is 19.8. The Morgan fingerprint density at radius 2 is 2.16 bits per heavy atom. The molecule has 0 spiro atoms. The summed E-state index contributed by atoms with van der Waals surface area (Å²) in [6, 6.07) is 6.49. The van der Waals surface area contributed by atoms with Crippen LogP contribution in [-0.4, -0.2) is 24.0 Å². The standard InChI is InChI=1S/C18H22FN3OS.ClH/c1-12-16(10-13-2-5-15(19)6-3-13)24-18(21-12)22-17(23)7-4-14-8-9-20-11-14;/h2-3,5-6,14,20H,4,7-11H2,1H3,(H,21,22,23);1H. The predicted molar refractivity (Wildman–Crippen MR) is 102 cm³/mol. The van der Waals surface area contributed by atoms with E-state index in [2.05, 4.69) is 15.6 Å². The Balaban J connectivity index is 0.00000225. The lowest BCUT2D eigenvalue weighted by Gasteiger charge is -2.06. The summed E-state index contributed by atoms with van der Waals surface area (Å²) in [7, 11) is 0. The number of hydrogen-bond acceptors (Lipinski definition) is 4. The number of anilines is 1. The van der Waals surface area contributed by atoms with Crippen LogP contribution in [0.2, 0.25) is 0 Å². The molecule has 7 heteroatoms. The Morgan fingerprint density at radius 1 is 1.40 bits per heavy atom. The summed E-state index contributed by atoms with van der Waals surface area (Å²) < 4.78 is 13.0. The summed E-state index contributed by atoms with van der Waals surface area (Å²) in [6.45, 7) is 4.02. The molecule has 1 aromatic carbocycles. The second-order valence-electron chi connectivity index (χ2n) is 6.28. The molecule has 2 aromatic rings. The largest absolute Gasteiger partial charge is 0.316 e. The third-order valence-electron chi connectivity index (χ3n) is 4.36. The Morgan fingerprint density at radius 3 is 2.84 bits per heavy atom. The van der Waals surface area contributed by atoms with Crippen LogP contribution in [0.1, 0.15) is 35.4 Å². The first-order valence-electron chi connectivity index (χ1n) is 8.31. The number of nitrogens with zero attached hydrogens (tertiary/aromatic N) is 1. The zero-order chi connectivity index (χ0) is 16.9. The van der Waals surface area contributed by atoms with Gasteiger partial charge in [-0.3, -0.25) is 4.79 Å². The van der Waals surface area contributed by atoms with Crippen LogP contribution in [0.3, 0.4) is 0 Å². The van der Waals surface area contributed by atoms with E-state index >= 15 is 0 Å². The lowest BCUT2D eigenvalue weighted by atomic mass is 10.0. The molecule has 1 saturated heterocycles. The highest BCUT2D eigenvalue weighted by molar-refractivity contribution is 7.15. The number of nitrogens with one attached hydrogen (secondary N) is 2. The van der Waals surface area contributed by atoms with Crippen molar-refractivity contribution in [2.24, 2.45) is 5.92 Å². The first-order valence-corrected chi connectivity index (χ1v) is 9.13. The summed E-state index contributed by atoms with van der Waals surface area (Å²) >= 11 is 1.50. The van der Waals surface area contributed by atoms with Crippen molar-refractivity contribution in [1.82, 2.24) is 10.3 Å². The van der Waals surface area contributed by atoms with Crippen molar-refractivity contribution in [1.29, 1.82) is 0 Å². The van der Waals surface area contributed by atoms with Gasteiger partial charge in [-0.2, -0.15) is 0 Å². The number of thiazole rings is 1. The minimum Gasteiger partial charge on any atom is -0.316 e. The fourth-order valence-corrected chi connectivity index (χ4v) is 3.92. The van der Waals surface area contributed by atoms with Crippen molar-refractivity contribution in [3.05, 3.63) is 46.2 Å². The number of aromatic nitrogens is 1. The van der Waals surface area contributed by atoms with Gasteiger partial charge in [0.25, 0.3) is 0 Å². The summed E-state index contributed by atoms with van der Waals surface area (Å²) in [4.78, 5) is 17.6. The molecule has 0 aliphatic carbocycles. The smallest absolute Gasteiger partial charge is 0.226 e. The monoisotopic (exact) mass is 383 g/mol. The summed E-state index contributed by atoms with van der Waals surface area (Å²) in [5, 5.41) is 6.88. The summed E-state index contributed by atoms with van der Waals surface area (Å²) in [6.07, 6.45) is 3.32. The predicted octanol–water partition coefficient (Wildman–Crippen LogP) is 3.93. The third-order valence-corrected chi connectivity index (χ3v) is 5.43. The van der Waals surface area contributed by atoms with Gasteiger partial charge >= 0.3 is 0 Å². The first-order chi connectivity index (χ1) is 11.6. The molecule has 136 valence electrons. The van der Waals surface area contributed by atoms with E-state index in [0.717, 1.165) is 42.1 Å². The van der Waals surface area contributed by atoms with E-state index < -0.39 is 0 Å². The lowest BCUT2D eigenvalue weighted by Crippen LogP contribution is -2.14. The van der Waals surface area contributed by atoms with E-state index in [-0.39, 0.29) is 24.1 Å².